The van der Waals surface area contributed by atoms with Crippen LogP contribution in [0.1, 0.15) is 27.6 Å². The Balaban J connectivity index is 2.47. The van der Waals surface area contributed by atoms with E-state index in [0.29, 0.717) is 5.02 Å². The Morgan fingerprint density at radius 2 is 1.68 bits per heavy atom. The lowest BCUT2D eigenvalue weighted by molar-refractivity contribution is 0.414. The summed E-state index contributed by atoms with van der Waals surface area (Å²) in [5, 5.41) is 0.376. The zero-order valence-electron chi connectivity index (χ0n) is 11.2. The van der Waals surface area contributed by atoms with Crippen molar-refractivity contribution in [2.24, 2.45) is 0 Å². The van der Waals surface area contributed by atoms with Gasteiger partial charge >= 0.3 is 0 Å². The summed E-state index contributed by atoms with van der Waals surface area (Å²) >= 11 is 12.9. The molecule has 3 heteroatoms. The molecule has 0 aliphatic heterocycles. The van der Waals surface area contributed by atoms with E-state index < -0.39 is 0 Å². The molecular formula is C16H16Cl2O. The molecule has 0 aliphatic rings. The zero-order valence-corrected chi connectivity index (χ0v) is 12.7. The van der Waals surface area contributed by atoms with Crippen molar-refractivity contribution in [2.75, 3.05) is 7.11 Å². The molecule has 0 aromatic heterocycles. The van der Waals surface area contributed by atoms with E-state index in [0.717, 1.165) is 16.9 Å². The predicted molar refractivity (Wildman–Crippen MR) is 81.6 cm³/mol. The van der Waals surface area contributed by atoms with Crippen LogP contribution in [0.5, 0.6) is 5.75 Å². The number of methoxy groups -OCH3 is 1. The summed E-state index contributed by atoms with van der Waals surface area (Å²) in [6.45, 7) is 4.13. The number of benzene rings is 2. The van der Waals surface area contributed by atoms with Gasteiger partial charge in [-0.15, -0.1) is 11.6 Å². The first kappa shape index (κ1) is 14.2. The van der Waals surface area contributed by atoms with Crippen molar-refractivity contribution < 1.29 is 4.74 Å². The number of alkyl halides is 1. The molecular weight excluding hydrogens is 279 g/mol. The lowest BCUT2D eigenvalue weighted by atomic mass is 9.95. The summed E-state index contributed by atoms with van der Waals surface area (Å²) in [5.41, 5.74) is 4.37. The molecule has 0 saturated heterocycles. The van der Waals surface area contributed by atoms with Crippen LogP contribution in [0, 0.1) is 13.8 Å². The number of hydrogen-bond donors (Lipinski definition) is 0. The van der Waals surface area contributed by atoms with E-state index in [1.165, 1.54) is 11.1 Å². The standard InChI is InChI=1S/C16H16Cl2O/c1-10-5-4-6-11(2)15(10)16(18)13-8-7-12(19-3)9-14(13)17/h4-9,16H,1-3H3. The van der Waals surface area contributed by atoms with Gasteiger partial charge in [0.25, 0.3) is 0 Å². The quantitative estimate of drug-likeness (QED) is 0.699. The number of hydrogen-bond acceptors (Lipinski definition) is 1. The molecule has 0 N–H and O–H groups in total. The number of ether oxygens (including phenoxy) is 1. The highest BCUT2D eigenvalue weighted by atomic mass is 35.5. The number of halogens is 2. The second-order valence-electron chi connectivity index (χ2n) is 4.56. The van der Waals surface area contributed by atoms with Crippen molar-refractivity contribution in [2.45, 2.75) is 19.2 Å². The third kappa shape index (κ3) is 2.88. The Hall–Kier alpha value is -1.18. The van der Waals surface area contributed by atoms with Crippen LogP contribution in [0.25, 0.3) is 0 Å². The van der Waals surface area contributed by atoms with E-state index in [9.17, 15) is 0 Å². The first-order chi connectivity index (χ1) is 9.04. The molecule has 0 saturated carbocycles. The molecule has 0 bridgehead atoms. The summed E-state index contributed by atoms with van der Waals surface area (Å²) < 4.78 is 5.16. The predicted octanol–water partition coefficient (Wildman–Crippen LogP) is 5.29. The maximum atomic E-state index is 6.62. The van der Waals surface area contributed by atoms with Crippen LogP contribution in [0.15, 0.2) is 36.4 Å². The smallest absolute Gasteiger partial charge is 0.120 e. The second-order valence-corrected chi connectivity index (χ2v) is 5.40. The van der Waals surface area contributed by atoms with Gasteiger partial charge in [-0.3, -0.25) is 0 Å². The van der Waals surface area contributed by atoms with E-state index in [1.54, 1.807) is 13.2 Å². The molecule has 0 heterocycles. The summed E-state index contributed by atoms with van der Waals surface area (Å²) in [4.78, 5) is 0. The molecule has 0 fully saturated rings. The van der Waals surface area contributed by atoms with Crippen LogP contribution in [-0.2, 0) is 0 Å². The van der Waals surface area contributed by atoms with Gasteiger partial charge in [0.1, 0.15) is 5.75 Å². The van der Waals surface area contributed by atoms with Gasteiger partial charge in [0.2, 0.25) is 0 Å². The maximum Gasteiger partial charge on any atom is 0.120 e. The van der Waals surface area contributed by atoms with Crippen LogP contribution in [-0.4, -0.2) is 7.11 Å². The summed E-state index contributed by atoms with van der Waals surface area (Å²) in [5.74, 6) is 0.735. The molecule has 1 atom stereocenters. The number of aryl methyl sites for hydroxylation is 2. The number of rotatable bonds is 3. The van der Waals surface area contributed by atoms with Crippen molar-refractivity contribution in [3.05, 3.63) is 63.7 Å². The first-order valence-corrected chi connectivity index (χ1v) is 6.89. The third-order valence-electron chi connectivity index (χ3n) is 3.28. The van der Waals surface area contributed by atoms with Crippen molar-refractivity contribution in [1.82, 2.24) is 0 Å². The minimum Gasteiger partial charge on any atom is -0.497 e. The highest BCUT2D eigenvalue weighted by Crippen LogP contribution is 2.38. The normalized spacial score (nSPS) is 12.3. The molecule has 2 aromatic rings. The molecule has 0 amide bonds. The molecule has 0 aliphatic carbocycles. The molecule has 2 rings (SSSR count). The van der Waals surface area contributed by atoms with Crippen LogP contribution in [0.3, 0.4) is 0 Å². The topological polar surface area (TPSA) is 9.23 Å². The molecule has 1 nitrogen and oxygen atoms in total. The average molecular weight is 295 g/mol. The fourth-order valence-corrected chi connectivity index (χ4v) is 3.09. The lowest BCUT2D eigenvalue weighted by Crippen LogP contribution is -2.00. The molecule has 0 radical (unpaired) electrons. The van der Waals surface area contributed by atoms with E-state index in [-0.39, 0.29) is 5.38 Å². The highest BCUT2D eigenvalue weighted by Gasteiger charge is 2.18. The SMILES string of the molecule is COc1ccc(C(Cl)c2c(C)cccc2C)c(Cl)c1. The van der Waals surface area contributed by atoms with Gasteiger partial charge < -0.3 is 4.74 Å². The fourth-order valence-electron chi connectivity index (χ4n) is 2.22. The van der Waals surface area contributed by atoms with Gasteiger partial charge in [0.15, 0.2) is 0 Å². The molecule has 1 unspecified atom stereocenters. The summed E-state index contributed by atoms with van der Waals surface area (Å²) in [6.07, 6.45) is 0. The molecule has 19 heavy (non-hydrogen) atoms. The van der Waals surface area contributed by atoms with Crippen LogP contribution in [0.4, 0.5) is 0 Å². The maximum absolute atomic E-state index is 6.62. The van der Waals surface area contributed by atoms with Gasteiger partial charge in [0, 0.05) is 5.02 Å². The molecule has 0 spiro atoms. The van der Waals surface area contributed by atoms with Gasteiger partial charge in [-0.1, -0.05) is 35.9 Å². The minimum absolute atomic E-state index is 0.250. The molecule has 2 aromatic carbocycles. The highest BCUT2D eigenvalue weighted by molar-refractivity contribution is 6.33. The fraction of sp³-hybridized carbons (Fsp3) is 0.250. The summed E-state index contributed by atoms with van der Waals surface area (Å²) in [6, 6.07) is 11.8. The largest absolute Gasteiger partial charge is 0.497 e. The molecule has 100 valence electrons. The van der Waals surface area contributed by atoms with Gasteiger partial charge in [0.05, 0.1) is 12.5 Å². The summed E-state index contributed by atoms with van der Waals surface area (Å²) in [7, 11) is 1.62. The van der Waals surface area contributed by atoms with E-state index in [2.05, 4.69) is 26.0 Å². The first-order valence-electron chi connectivity index (χ1n) is 6.08. The van der Waals surface area contributed by atoms with Gasteiger partial charge in [-0.05, 0) is 48.2 Å². The van der Waals surface area contributed by atoms with Crippen molar-refractivity contribution in [3.8, 4) is 5.75 Å². The van der Waals surface area contributed by atoms with E-state index in [1.807, 2.05) is 18.2 Å². The Morgan fingerprint density at radius 3 is 2.21 bits per heavy atom. The lowest BCUT2D eigenvalue weighted by Gasteiger charge is -2.17. The van der Waals surface area contributed by atoms with Crippen LogP contribution in [0.2, 0.25) is 5.02 Å². The Bertz CT molecular complexity index is 573. The monoisotopic (exact) mass is 294 g/mol. The Kier molecular flexibility index (Phi) is 4.38. The van der Waals surface area contributed by atoms with Crippen molar-refractivity contribution in [1.29, 1.82) is 0 Å². The zero-order chi connectivity index (χ0) is 14.0. The van der Waals surface area contributed by atoms with E-state index >= 15 is 0 Å². The second kappa shape index (κ2) is 5.85. The van der Waals surface area contributed by atoms with E-state index in [4.69, 9.17) is 27.9 Å². The Morgan fingerprint density at radius 1 is 1.05 bits per heavy atom. The van der Waals surface area contributed by atoms with Crippen molar-refractivity contribution in [3.63, 3.8) is 0 Å². The average Bonchev–Trinajstić information content (AvgIpc) is 2.38. The Labute approximate surface area is 124 Å². The van der Waals surface area contributed by atoms with Crippen LogP contribution < -0.4 is 4.74 Å². The minimum atomic E-state index is -0.250. The van der Waals surface area contributed by atoms with Gasteiger partial charge in [-0.2, -0.15) is 0 Å². The van der Waals surface area contributed by atoms with Crippen molar-refractivity contribution >= 4 is 23.2 Å². The van der Waals surface area contributed by atoms with Gasteiger partial charge in [-0.25, -0.2) is 0 Å². The third-order valence-corrected chi connectivity index (χ3v) is 4.06. The van der Waals surface area contributed by atoms with Crippen LogP contribution >= 0.6 is 23.2 Å².